The summed E-state index contributed by atoms with van der Waals surface area (Å²) in [5.74, 6) is 0. The Morgan fingerprint density at radius 2 is 1.63 bits per heavy atom. The van der Waals surface area contributed by atoms with Gasteiger partial charge >= 0.3 is 0 Å². The van der Waals surface area contributed by atoms with E-state index in [4.69, 9.17) is 9.47 Å². The van der Waals surface area contributed by atoms with Crippen molar-refractivity contribution < 1.29 is 14.4 Å². The lowest BCUT2D eigenvalue weighted by Gasteiger charge is -2.35. The van der Waals surface area contributed by atoms with Crippen LogP contribution in [0.1, 0.15) is 31.2 Å². The minimum atomic E-state index is -1.11. The van der Waals surface area contributed by atoms with Crippen LogP contribution in [0.4, 0.5) is 11.4 Å². The highest BCUT2D eigenvalue weighted by molar-refractivity contribution is 9.09. The number of azo groups is 1. The molecule has 2 unspecified atom stereocenters. The Bertz CT molecular complexity index is 1030. The minimum Gasteiger partial charge on any atom is -0.369 e. The SMILES string of the molecule is O=[N+]([O-])c1ccc(C2=CC(OCCCCBr)C(N=Nc3ccccc3)(OCCCCBr)C=C2)cc1. The lowest BCUT2D eigenvalue weighted by atomic mass is 9.92. The zero-order valence-electron chi connectivity index (χ0n) is 19.4. The summed E-state index contributed by atoms with van der Waals surface area (Å²) in [4.78, 5) is 10.6. The molecular weight excluding hydrogens is 578 g/mol. The summed E-state index contributed by atoms with van der Waals surface area (Å²) in [6, 6.07) is 16.0. The number of halogens is 2. The molecule has 0 amide bonds. The van der Waals surface area contributed by atoms with E-state index in [-0.39, 0.29) is 5.69 Å². The van der Waals surface area contributed by atoms with Gasteiger partial charge in [-0.25, -0.2) is 0 Å². The van der Waals surface area contributed by atoms with Crippen molar-refractivity contribution in [2.75, 3.05) is 23.9 Å². The van der Waals surface area contributed by atoms with Crippen molar-refractivity contribution in [2.45, 2.75) is 37.5 Å². The average Bonchev–Trinajstić information content (AvgIpc) is 2.89. The number of unbranched alkanes of at least 4 members (excludes halogenated alkanes) is 2. The maximum absolute atomic E-state index is 11.0. The second-order valence-electron chi connectivity index (χ2n) is 7.98. The van der Waals surface area contributed by atoms with Crippen LogP contribution in [0.5, 0.6) is 0 Å². The standard InChI is InChI=1S/C26H29Br2N3O4/c27-16-4-6-18-34-25-20-22(21-10-12-24(13-11-21)31(32)33)14-15-26(25,35-19-7-5-17-28)30-29-23-8-2-1-3-9-23/h1-3,8-15,20,25H,4-7,16-19H2. The molecule has 0 bridgehead atoms. The second kappa shape index (κ2) is 14.4. The fourth-order valence-electron chi connectivity index (χ4n) is 3.50. The number of hydrogen-bond donors (Lipinski definition) is 0. The number of ether oxygens (including phenoxy) is 2. The summed E-state index contributed by atoms with van der Waals surface area (Å²) in [7, 11) is 0. The van der Waals surface area contributed by atoms with Crippen LogP contribution in [0.25, 0.3) is 5.57 Å². The Hall–Kier alpha value is -2.20. The molecule has 0 fully saturated rings. The van der Waals surface area contributed by atoms with E-state index in [1.807, 2.05) is 48.6 Å². The van der Waals surface area contributed by atoms with Crippen LogP contribution >= 0.6 is 31.9 Å². The molecule has 0 heterocycles. The molecule has 1 aliphatic carbocycles. The van der Waals surface area contributed by atoms with Crippen molar-refractivity contribution in [3.8, 4) is 0 Å². The van der Waals surface area contributed by atoms with Crippen molar-refractivity contribution in [2.24, 2.45) is 10.2 Å². The van der Waals surface area contributed by atoms with Crippen LogP contribution in [0.3, 0.4) is 0 Å². The van der Waals surface area contributed by atoms with Gasteiger partial charge in [-0.3, -0.25) is 10.1 Å². The van der Waals surface area contributed by atoms with E-state index < -0.39 is 16.8 Å². The largest absolute Gasteiger partial charge is 0.369 e. The molecule has 3 rings (SSSR count). The lowest BCUT2D eigenvalue weighted by molar-refractivity contribution is -0.384. The number of hydrogen-bond acceptors (Lipinski definition) is 6. The van der Waals surface area contributed by atoms with Gasteiger partial charge in [-0.05, 0) is 73.2 Å². The first kappa shape index (κ1) is 27.4. The van der Waals surface area contributed by atoms with Gasteiger partial charge in [0.1, 0.15) is 6.10 Å². The van der Waals surface area contributed by atoms with Crippen LogP contribution in [0, 0.1) is 10.1 Å². The molecule has 9 heteroatoms. The summed E-state index contributed by atoms with van der Waals surface area (Å²) in [5.41, 5.74) is 1.42. The second-order valence-corrected chi connectivity index (χ2v) is 9.56. The third kappa shape index (κ3) is 8.17. The number of nitrogens with zero attached hydrogens (tertiary/aromatic N) is 3. The van der Waals surface area contributed by atoms with Gasteiger partial charge < -0.3 is 9.47 Å². The van der Waals surface area contributed by atoms with Crippen molar-refractivity contribution >= 4 is 48.8 Å². The van der Waals surface area contributed by atoms with Gasteiger partial charge in [-0.2, -0.15) is 5.11 Å². The highest BCUT2D eigenvalue weighted by Gasteiger charge is 2.40. The molecule has 0 aromatic heterocycles. The maximum Gasteiger partial charge on any atom is 0.269 e. The molecule has 0 saturated carbocycles. The van der Waals surface area contributed by atoms with Gasteiger partial charge in [0.05, 0.1) is 17.2 Å². The molecule has 0 radical (unpaired) electrons. The number of benzene rings is 2. The van der Waals surface area contributed by atoms with E-state index >= 15 is 0 Å². The normalized spacial score (nSPS) is 19.7. The van der Waals surface area contributed by atoms with Crippen LogP contribution in [-0.4, -0.2) is 40.6 Å². The third-order valence-corrected chi connectivity index (χ3v) is 6.54. The van der Waals surface area contributed by atoms with Crippen LogP contribution in [-0.2, 0) is 9.47 Å². The summed E-state index contributed by atoms with van der Waals surface area (Å²) >= 11 is 6.93. The van der Waals surface area contributed by atoms with Crippen molar-refractivity contribution in [1.82, 2.24) is 0 Å². The number of nitro groups is 1. The van der Waals surface area contributed by atoms with Gasteiger partial charge in [-0.15, -0.1) is 5.11 Å². The Morgan fingerprint density at radius 1 is 0.943 bits per heavy atom. The minimum absolute atomic E-state index is 0.0536. The summed E-state index contributed by atoms with van der Waals surface area (Å²) < 4.78 is 12.7. The molecule has 2 atom stereocenters. The fourth-order valence-corrected chi connectivity index (χ4v) is 4.29. The molecule has 0 aliphatic heterocycles. The summed E-state index contributed by atoms with van der Waals surface area (Å²) in [5, 5.41) is 22.0. The topological polar surface area (TPSA) is 86.3 Å². The fraction of sp³-hybridized carbons (Fsp3) is 0.385. The highest BCUT2D eigenvalue weighted by atomic mass is 79.9. The predicted octanol–water partition coefficient (Wildman–Crippen LogP) is 7.78. The summed E-state index contributed by atoms with van der Waals surface area (Å²) in [6.07, 6.45) is 9.02. The van der Waals surface area contributed by atoms with Gasteiger partial charge in [0.15, 0.2) is 0 Å². The zero-order valence-corrected chi connectivity index (χ0v) is 22.6. The maximum atomic E-state index is 11.0. The van der Waals surface area contributed by atoms with Gasteiger partial charge in [0.2, 0.25) is 5.72 Å². The number of non-ortho nitro benzene ring substituents is 1. The van der Waals surface area contributed by atoms with E-state index in [1.165, 1.54) is 12.1 Å². The molecule has 35 heavy (non-hydrogen) atoms. The number of nitro benzene ring substituents is 1. The summed E-state index contributed by atoms with van der Waals surface area (Å²) in [6.45, 7) is 1.05. The highest BCUT2D eigenvalue weighted by Crippen LogP contribution is 2.35. The predicted molar refractivity (Wildman–Crippen MR) is 146 cm³/mol. The van der Waals surface area contributed by atoms with Gasteiger partial charge in [0, 0.05) is 29.4 Å². The molecule has 1 aliphatic rings. The molecule has 0 N–H and O–H groups in total. The number of rotatable bonds is 14. The van der Waals surface area contributed by atoms with Crippen LogP contribution in [0.2, 0.25) is 0 Å². The molecule has 2 aromatic rings. The van der Waals surface area contributed by atoms with Gasteiger partial charge in [0.25, 0.3) is 5.69 Å². The Morgan fingerprint density at radius 3 is 2.29 bits per heavy atom. The Labute approximate surface area is 222 Å². The molecule has 7 nitrogen and oxygen atoms in total. The monoisotopic (exact) mass is 605 g/mol. The lowest BCUT2D eigenvalue weighted by Crippen LogP contribution is -2.44. The average molecular weight is 607 g/mol. The first-order chi connectivity index (χ1) is 17.1. The first-order valence-corrected chi connectivity index (χ1v) is 13.8. The molecule has 186 valence electrons. The van der Waals surface area contributed by atoms with Crippen molar-refractivity contribution in [3.05, 3.63) is 88.5 Å². The van der Waals surface area contributed by atoms with E-state index in [0.717, 1.165) is 53.2 Å². The number of alkyl halides is 2. The van der Waals surface area contributed by atoms with Crippen molar-refractivity contribution in [3.63, 3.8) is 0 Å². The smallest absolute Gasteiger partial charge is 0.269 e. The van der Waals surface area contributed by atoms with Gasteiger partial charge in [-0.1, -0.05) is 56.1 Å². The number of allylic oxidation sites excluding steroid dienone is 2. The van der Waals surface area contributed by atoms with E-state index in [0.29, 0.717) is 13.2 Å². The quantitative estimate of drug-likeness (QED) is 0.0722. The Balaban J connectivity index is 1.92. The zero-order chi connectivity index (χ0) is 24.9. The van der Waals surface area contributed by atoms with E-state index in [9.17, 15) is 10.1 Å². The third-order valence-electron chi connectivity index (χ3n) is 5.42. The van der Waals surface area contributed by atoms with E-state index in [2.05, 4.69) is 42.1 Å². The molecular formula is C26H29Br2N3O4. The molecule has 2 aromatic carbocycles. The molecule has 0 saturated heterocycles. The first-order valence-electron chi connectivity index (χ1n) is 11.6. The van der Waals surface area contributed by atoms with E-state index in [1.54, 1.807) is 12.1 Å². The molecule has 0 spiro atoms. The van der Waals surface area contributed by atoms with Crippen LogP contribution < -0.4 is 0 Å². The van der Waals surface area contributed by atoms with Crippen LogP contribution in [0.15, 0.2) is 83.1 Å². The van der Waals surface area contributed by atoms with Crippen molar-refractivity contribution in [1.29, 1.82) is 0 Å². The Kier molecular flexibility index (Phi) is 11.3.